The van der Waals surface area contributed by atoms with Crippen LogP contribution in [-0.4, -0.2) is 17.9 Å². The fourth-order valence-corrected chi connectivity index (χ4v) is 2.07. The van der Waals surface area contributed by atoms with Crippen molar-refractivity contribution >= 4 is 23.4 Å². The number of carbonyl (C=O) groups is 2. The van der Waals surface area contributed by atoms with Crippen molar-refractivity contribution < 1.29 is 14.3 Å². The first-order valence-electron chi connectivity index (χ1n) is 7.50. The molecule has 0 fully saturated rings. The molecule has 0 saturated carbocycles. The van der Waals surface area contributed by atoms with Gasteiger partial charge in [-0.05, 0) is 43.7 Å². The average molecular weight is 347 g/mol. The molecule has 6 heteroatoms. The summed E-state index contributed by atoms with van der Waals surface area (Å²) in [5.41, 5.74) is 6.63. The molecular formula is C18H19ClN2O3. The molecule has 2 rings (SSSR count). The molecule has 0 aliphatic rings. The van der Waals surface area contributed by atoms with Crippen molar-refractivity contribution in [2.45, 2.75) is 26.4 Å². The van der Waals surface area contributed by atoms with E-state index in [0.717, 1.165) is 11.1 Å². The summed E-state index contributed by atoms with van der Waals surface area (Å²) in [6.07, 6.45) is -0.589. The first kappa shape index (κ1) is 17.8. The highest BCUT2D eigenvalue weighted by molar-refractivity contribution is 6.30. The van der Waals surface area contributed by atoms with Gasteiger partial charge in [-0.25, -0.2) is 0 Å². The predicted molar refractivity (Wildman–Crippen MR) is 92.7 cm³/mol. The van der Waals surface area contributed by atoms with E-state index in [0.29, 0.717) is 10.8 Å². The molecule has 0 heterocycles. The zero-order valence-electron chi connectivity index (χ0n) is 13.5. The minimum absolute atomic E-state index is 0.144. The largest absolute Gasteiger partial charge is 0.481 e. The van der Waals surface area contributed by atoms with Gasteiger partial charge in [-0.15, -0.1) is 0 Å². The molecule has 5 nitrogen and oxygen atoms in total. The maximum absolute atomic E-state index is 11.9. The summed E-state index contributed by atoms with van der Waals surface area (Å²) in [6.45, 7) is 3.58. The smallest absolute Gasteiger partial charge is 0.279 e. The number of hydrazine groups is 1. The Kier molecular flexibility index (Phi) is 6.21. The number of aryl methyl sites for hydroxylation is 1. The molecule has 0 aliphatic heterocycles. The van der Waals surface area contributed by atoms with Crippen LogP contribution in [0.4, 0.5) is 0 Å². The van der Waals surface area contributed by atoms with E-state index < -0.39 is 12.0 Å². The van der Waals surface area contributed by atoms with Gasteiger partial charge in [0.1, 0.15) is 5.75 Å². The summed E-state index contributed by atoms with van der Waals surface area (Å²) < 4.78 is 5.52. The van der Waals surface area contributed by atoms with Crippen LogP contribution in [0.3, 0.4) is 0 Å². The van der Waals surface area contributed by atoms with E-state index in [2.05, 4.69) is 10.9 Å². The summed E-state index contributed by atoms with van der Waals surface area (Å²) in [5, 5.41) is 0.606. The molecule has 0 radical (unpaired) electrons. The quantitative estimate of drug-likeness (QED) is 0.818. The van der Waals surface area contributed by atoms with E-state index in [1.807, 2.05) is 19.1 Å². The van der Waals surface area contributed by atoms with Crippen LogP contribution in [0.25, 0.3) is 0 Å². The van der Waals surface area contributed by atoms with Crippen LogP contribution in [0.1, 0.15) is 18.1 Å². The highest BCUT2D eigenvalue weighted by Crippen LogP contribution is 2.13. The Morgan fingerprint density at radius 3 is 2.29 bits per heavy atom. The number of hydrogen-bond donors (Lipinski definition) is 2. The van der Waals surface area contributed by atoms with Crippen LogP contribution in [0, 0.1) is 6.92 Å². The van der Waals surface area contributed by atoms with E-state index in [1.54, 1.807) is 43.3 Å². The van der Waals surface area contributed by atoms with Gasteiger partial charge in [-0.1, -0.05) is 41.4 Å². The molecule has 2 N–H and O–H groups in total. The van der Waals surface area contributed by atoms with Crippen molar-refractivity contribution in [3.63, 3.8) is 0 Å². The van der Waals surface area contributed by atoms with Crippen LogP contribution in [0.5, 0.6) is 5.75 Å². The Labute approximate surface area is 145 Å². The third-order valence-electron chi connectivity index (χ3n) is 3.31. The molecule has 0 saturated heterocycles. The van der Waals surface area contributed by atoms with Crippen LogP contribution in [0.15, 0.2) is 48.5 Å². The van der Waals surface area contributed by atoms with Gasteiger partial charge in [0.25, 0.3) is 5.91 Å². The second-order valence-corrected chi connectivity index (χ2v) is 5.85. The Morgan fingerprint density at radius 2 is 1.67 bits per heavy atom. The van der Waals surface area contributed by atoms with E-state index >= 15 is 0 Å². The molecular weight excluding hydrogens is 328 g/mol. The molecule has 0 aliphatic carbocycles. The minimum Gasteiger partial charge on any atom is -0.481 e. The summed E-state index contributed by atoms with van der Waals surface area (Å²) >= 11 is 5.79. The van der Waals surface area contributed by atoms with E-state index in [4.69, 9.17) is 16.3 Å². The van der Waals surface area contributed by atoms with Crippen molar-refractivity contribution in [3.05, 3.63) is 64.7 Å². The van der Waals surface area contributed by atoms with Gasteiger partial charge >= 0.3 is 0 Å². The molecule has 24 heavy (non-hydrogen) atoms. The number of rotatable bonds is 5. The number of carbonyl (C=O) groups excluding carboxylic acids is 2. The SMILES string of the molecule is Cc1ccc(O[C@H](C)C(=O)NNC(=O)Cc2ccc(Cl)cc2)cc1. The predicted octanol–water partition coefficient (Wildman–Crippen LogP) is 2.81. The van der Waals surface area contributed by atoms with Crippen molar-refractivity contribution in [2.75, 3.05) is 0 Å². The summed E-state index contributed by atoms with van der Waals surface area (Å²) in [6, 6.07) is 14.3. The van der Waals surface area contributed by atoms with E-state index in [-0.39, 0.29) is 12.3 Å². The lowest BCUT2D eigenvalue weighted by molar-refractivity contribution is -0.132. The Hall–Kier alpha value is -2.53. The van der Waals surface area contributed by atoms with Gasteiger partial charge in [-0.2, -0.15) is 0 Å². The molecule has 126 valence electrons. The van der Waals surface area contributed by atoms with Crippen molar-refractivity contribution in [1.29, 1.82) is 0 Å². The highest BCUT2D eigenvalue weighted by atomic mass is 35.5. The van der Waals surface area contributed by atoms with Crippen LogP contribution >= 0.6 is 11.6 Å². The Bertz CT molecular complexity index is 699. The second kappa shape index (κ2) is 8.36. The fraction of sp³-hybridized carbons (Fsp3) is 0.222. The number of ether oxygens (including phenoxy) is 1. The maximum Gasteiger partial charge on any atom is 0.279 e. The van der Waals surface area contributed by atoms with Crippen LogP contribution in [0.2, 0.25) is 5.02 Å². The maximum atomic E-state index is 11.9. The topological polar surface area (TPSA) is 67.4 Å². The van der Waals surface area contributed by atoms with Crippen molar-refractivity contribution in [2.24, 2.45) is 0 Å². The van der Waals surface area contributed by atoms with Gasteiger partial charge in [-0.3, -0.25) is 20.4 Å². The molecule has 2 aromatic carbocycles. The number of benzene rings is 2. The van der Waals surface area contributed by atoms with E-state index in [9.17, 15) is 9.59 Å². The Morgan fingerprint density at radius 1 is 1.04 bits per heavy atom. The van der Waals surface area contributed by atoms with E-state index in [1.165, 1.54) is 0 Å². The first-order valence-corrected chi connectivity index (χ1v) is 7.88. The highest BCUT2D eigenvalue weighted by Gasteiger charge is 2.15. The lowest BCUT2D eigenvalue weighted by Crippen LogP contribution is -2.47. The molecule has 0 bridgehead atoms. The van der Waals surface area contributed by atoms with Crippen molar-refractivity contribution in [3.8, 4) is 5.75 Å². The zero-order chi connectivity index (χ0) is 17.5. The standard InChI is InChI=1S/C18H19ClN2O3/c1-12-3-9-16(10-4-12)24-13(2)18(23)21-20-17(22)11-14-5-7-15(19)8-6-14/h3-10,13H,11H2,1-2H3,(H,20,22)(H,21,23)/t13-/m1/s1. The van der Waals surface area contributed by atoms with Crippen molar-refractivity contribution in [1.82, 2.24) is 10.9 Å². The second-order valence-electron chi connectivity index (χ2n) is 5.41. The lowest BCUT2D eigenvalue weighted by Gasteiger charge is -2.15. The minimum atomic E-state index is -0.733. The molecule has 0 spiro atoms. The van der Waals surface area contributed by atoms with Gasteiger partial charge in [0.2, 0.25) is 5.91 Å². The average Bonchev–Trinajstić information content (AvgIpc) is 2.57. The summed E-state index contributed by atoms with van der Waals surface area (Å²) in [5.74, 6) is -0.163. The molecule has 1 atom stereocenters. The number of amides is 2. The fourth-order valence-electron chi connectivity index (χ4n) is 1.94. The van der Waals surface area contributed by atoms with Gasteiger partial charge in [0.15, 0.2) is 6.10 Å². The Balaban J connectivity index is 1.77. The number of halogens is 1. The molecule has 0 unspecified atom stereocenters. The zero-order valence-corrected chi connectivity index (χ0v) is 14.3. The molecule has 0 aromatic heterocycles. The summed E-state index contributed by atoms with van der Waals surface area (Å²) in [7, 11) is 0. The monoisotopic (exact) mass is 346 g/mol. The number of hydrogen-bond acceptors (Lipinski definition) is 3. The van der Waals surface area contributed by atoms with Crippen LogP contribution < -0.4 is 15.6 Å². The third-order valence-corrected chi connectivity index (χ3v) is 3.56. The molecule has 2 amide bonds. The lowest BCUT2D eigenvalue weighted by atomic mass is 10.1. The van der Waals surface area contributed by atoms with Gasteiger partial charge < -0.3 is 4.74 Å². The van der Waals surface area contributed by atoms with Gasteiger partial charge in [0.05, 0.1) is 6.42 Å². The third kappa shape index (κ3) is 5.59. The first-order chi connectivity index (χ1) is 11.4. The summed E-state index contributed by atoms with van der Waals surface area (Å²) in [4.78, 5) is 23.8. The molecule has 2 aromatic rings. The number of nitrogens with one attached hydrogen (secondary N) is 2. The normalized spacial score (nSPS) is 11.5. The van der Waals surface area contributed by atoms with Crippen LogP contribution in [-0.2, 0) is 16.0 Å². The van der Waals surface area contributed by atoms with Gasteiger partial charge in [0, 0.05) is 5.02 Å².